The van der Waals surface area contributed by atoms with Gasteiger partial charge >= 0.3 is 0 Å². The molecule has 1 aliphatic rings. The van der Waals surface area contributed by atoms with Crippen LogP contribution < -0.4 is 5.32 Å². The molecule has 3 heteroatoms. The van der Waals surface area contributed by atoms with Gasteiger partial charge in [0.2, 0.25) is 0 Å². The highest BCUT2D eigenvalue weighted by molar-refractivity contribution is 6.20. The lowest BCUT2D eigenvalue weighted by Crippen LogP contribution is -2.21. The topological polar surface area (TPSA) is 21.3 Å². The Morgan fingerprint density at radius 2 is 2.36 bits per heavy atom. The normalized spacial score (nSPS) is 24.0. The fourth-order valence-electron chi connectivity index (χ4n) is 1.77. The van der Waals surface area contributed by atoms with Crippen molar-refractivity contribution in [3.05, 3.63) is 0 Å². The number of ether oxygens (including phenoxy) is 1. The van der Waals surface area contributed by atoms with Crippen LogP contribution in [0, 0.1) is 0 Å². The molecule has 1 heterocycles. The summed E-state index contributed by atoms with van der Waals surface area (Å²) in [6, 6.07) is 0. The van der Waals surface area contributed by atoms with E-state index in [0.717, 1.165) is 32.5 Å². The summed E-state index contributed by atoms with van der Waals surface area (Å²) in [6.45, 7) is 5.19. The van der Waals surface area contributed by atoms with Gasteiger partial charge in [-0.05, 0) is 52.1 Å². The lowest BCUT2D eigenvalue weighted by Gasteiger charge is -2.10. The molecule has 14 heavy (non-hydrogen) atoms. The Kier molecular flexibility index (Phi) is 6.57. The van der Waals surface area contributed by atoms with E-state index in [2.05, 4.69) is 5.32 Å². The average Bonchev–Trinajstić information content (AvgIpc) is 2.63. The van der Waals surface area contributed by atoms with Crippen LogP contribution in [0.15, 0.2) is 0 Å². The first-order chi connectivity index (χ1) is 6.79. The minimum atomic E-state index is 0.315. The Hall–Kier alpha value is 0.210. The SMILES string of the molecule is CC(Cl)CCCNCCC1CCCO1. The fraction of sp³-hybridized carbons (Fsp3) is 1.00. The Labute approximate surface area is 92.3 Å². The van der Waals surface area contributed by atoms with E-state index < -0.39 is 0 Å². The third-order valence-corrected chi connectivity index (χ3v) is 2.84. The Bertz CT molecular complexity index is 135. The van der Waals surface area contributed by atoms with Gasteiger partial charge in [-0.1, -0.05) is 0 Å². The van der Waals surface area contributed by atoms with Crippen LogP contribution in [0.5, 0.6) is 0 Å². The summed E-state index contributed by atoms with van der Waals surface area (Å²) in [4.78, 5) is 0. The largest absolute Gasteiger partial charge is 0.378 e. The molecule has 0 spiro atoms. The van der Waals surface area contributed by atoms with Gasteiger partial charge < -0.3 is 10.1 Å². The molecule has 0 bridgehead atoms. The quantitative estimate of drug-likeness (QED) is 0.525. The monoisotopic (exact) mass is 219 g/mol. The first kappa shape index (κ1) is 12.3. The van der Waals surface area contributed by atoms with Crippen LogP contribution >= 0.6 is 11.6 Å². The molecule has 2 unspecified atom stereocenters. The number of nitrogens with one attached hydrogen (secondary N) is 1. The average molecular weight is 220 g/mol. The predicted molar refractivity (Wildman–Crippen MR) is 61.0 cm³/mol. The van der Waals surface area contributed by atoms with E-state index in [1.807, 2.05) is 6.92 Å². The zero-order chi connectivity index (χ0) is 10.2. The molecule has 1 fully saturated rings. The number of hydrogen-bond acceptors (Lipinski definition) is 2. The minimum absolute atomic E-state index is 0.315. The molecule has 0 amide bonds. The molecule has 0 aromatic carbocycles. The molecule has 0 saturated carbocycles. The zero-order valence-corrected chi connectivity index (χ0v) is 9.85. The third-order valence-electron chi connectivity index (χ3n) is 2.62. The van der Waals surface area contributed by atoms with Crippen molar-refractivity contribution >= 4 is 11.6 Å². The second kappa shape index (κ2) is 7.49. The molecule has 2 atom stereocenters. The highest BCUT2D eigenvalue weighted by Gasteiger charge is 2.14. The summed E-state index contributed by atoms with van der Waals surface area (Å²) in [5, 5.41) is 3.74. The summed E-state index contributed by atoms with van der Waals surface area (Å²) >= 11 is 5.85. The highest BCUT2D eigenvalue weighted by atomic mass is 35.5. The lowest BCUT2D eigenvalue weighted by atomic mass is 10.2. The van der Waals surface area contributed by atoms with Crippen LogP contribution in [0.2, 0.25) is 0 Å². The summed E-state index contributed by atoms with van der Waals surface area (Å²) < 4.78 is 5.54. The number of rotatable bonds is 7. The summed E-state index contributed by atoms with van der Waals surface area (Å²) in [5.74, 6) is 0. The molecule has 0 aliphatic carbocycles. The summed E-state index contributed by atoms with van der Waals surface area (Å²) in [5.41, 5.74) is 0. The van der Waals surface area contributed by atoms with Crippen molar-refractivity contribution in [1.29, 1.82) is 0 Å². The molecule has 0 aromatic rings. The van der Waals surface area contributed by atoms with E-state index >= 15 is 0 Å². The smallest absolute Gasteiger partial charge is 0.0588 e. The van der Waals surface area contributed by atoms with Gasteiger partial charge in [0, 0.05) is 12.0 Å². The van der Waals surface area contributed by atoms with Gasteiger partial charge in [0.25, 0.3) is 0 Å². The van der Waals surface area contributed by atoms with Crippen LogP contribution in [0.4, 0.5) is 0 Å². The van der Waals surface area contributed by atoms with Gasteiger partial charge in [-0.15, -0.1) is 11.6 Å². The summed E-state index contributed by atoms with van der Waals surface area (Å²) in [6.07, 6.45) is 6.46. The van der Waals surface area contributed by atoms with Crippen molar-refractivity contribution in [1.82, 2.24) is 5.32 Å². The molecule has 2 nitrogen and oxygen atoms in total. The number of alkyl halides is 1. The van der Waals surface area contributed by atoms with Crippen molar-refractivity contribution in [3.63, 3.8) is 0 Å². The molecule has 84 valence electrons. The van der Waals surface area contributed by atoms with Gasteiger partial charge in [0.05, 0.1) is 6.10 Å². The van der Waals surface area contributed by atoms with Crippen molar-refractivity contribution in [3.8, 4) is 0 Å². The predicted octanol–water partition coefficient (Wildman–Crippen LogP) is 2.55. The Morgan fingerprint density at radius 3 is 3.00 bits per heavy atom. The second-order valence-electron chi connectivity index (χ2n) is 4.10. The van der Waals surface area contributed by atoms with Gasteiger partial charge in [0.1, 0.15) is 0 Å². The third kappa shape index (κ3) is 5.84. The molecule has 1 saturated heterocycles. The van der Waals surface area contributed by atoms with Crippen molar-refractivity contribution in [2.24, 2.45) is 0 Å². The van der Waals surface area contributed by atoms with E-state index in [0.29, 0.717) is 11.5 Å². The van der Waals surface area contributed by atoms with Crippen LogP contribution in [0.25, 0.3) is 0 Å². The standard InChI is InChI=1S/C11H22ClNO/c1-10(12)4-2-7-13-8-6-11-5-3-9-14-11/h10-11,13H,2-9H2,1H3. The number of hydrogen-bond donors (Lipinski definition) is 1. The maximum absolute atomic E-state index is 5.85. The molecule has 1 rings (SSSR count). The Morgan fingerprint density at radius 1 is 1.50 bits per heavy atom. The maximum atomic E-state index is 5.85. The van der Waals surface area contributed by atoms with E-state index in [1.165, 1.54) is 19.3 Å². The van der Waals surface area contributed by atoms with Gasteiger partial charge in [-0.2, -0.15) is 0 Å². The fourth-order valence-corrected chi connectivity index (χ4v) is 1.92. The van der Waals surface area contributed by atoms with Crippen LogP contribution in [0.3, 0.4) is 0 Å². The molecule has 1 N–H and O–H groups in total. The van der Waals surface area contributed by atoms with Crippen molar-refractivity contribution in [2.45, 2.75) is 50.5 Å². The van der Waals surface area contributed by atoms with Crippen molar-refractivity contribution in [2.75, 3.05) is 19.7 Å². The first-order valence-corrected chi connectivity index (χ1v) is 6.19. The summed E-state index contributed by atoms with van der Waals surface area (Å²) in [7, 11) is 0. The van der Waals surface area contributed by atoms with E-state index in [9.17, 15) is 0 Å². The molecule has 0 aromatic heterocycles. The minimum Gasteiger partial charge on any atom is -0.378 e. The molecule has 0 radical (unpaired) electrons. The van der Waals surface area contributed by atoms with Gasteiger partial charge in [0.15, 0.2) is 0 Å². The first-order valence-electron chi connectivity index (χ1n) is 5.75. The van der Waals surface area contributed by atoms with Gasteiger partial charge in [-0.25, -0.2) is 0 Å². The maximum Gasteiger partial charge on any atom is 0.0588 e. The van der Waals surface area contributed by atoms with Crippen LogP contribution in [0.1, 0.15) is 39.0 Å². The van der Waals surface area contributed by atoms with E-state index in [1.54, 1.807) is 0 Å². The highest BCUT2D eigenvalue weighted by Crippen LogP contribution is 2.14. The molecule has 1 aliphatic heterocycles. The van der Waals surface area contributed by atoms with Crippen molar-refractivity contribution < 1.29 is 4.74 Å². The Balaban J connectivity index is 1.79. The van der Waals surface area contributed by atoms with Crippen LogP contribution in [-0.2, 0) is 4.74 Å². The second-order valence-corrected chi connectivity index (χ2v) is 4.84. The van der Waals surface area contributed by atoms with E-state index in [-0.39, 0.29) is 0 Å². The number of halogens is 1. The van der Waals surface area contributed by atoms with Crippen LogP contribution in [-0.4, -0.2) is 31.2 Å². The van der Waals surface area contributed by atoms with Gasteiger partial charge in [-0.3, -0.25) is 0 Å². The zero-order valence-electron chi connectivity index (χ0n) is 9.10. The molecular weight excluding hydrogens is 198 g/mol. The molecular formula is C11H22ClNO. The lowest BCUT2D eigenvalue weighted by molar-refractivity contribution is 0.104. The van der Waals surface area contributed by atoms with E-state index in [4.69, 9.17) is 16.3 Å².